The third kappa shape index (κ3) is 6.28. The molecule has 0 spiro atoms. The zero-order valence-corrected chi connectivity index (χ0v) is 26.5. The van der Waals surface area contributed by atoms with Gasteiger partial charge in [0, 0.05) is 56.9 Å². The van der Waals surface area contributed by atoms with Crippen LogP contribution in [0.1, 0.15) is 81.4 Å². The van der Waals surface area contributed by atoms with Crippen molar-refractivity contribution in [1.29, 1.82) is 0 Å². The van der Waals surface area contributed by atoms with Gasteiger partial charge in [0.1, 0.15) is 17.0 Å². The quantitative estimate of drug-likeness (QED) is 0.204. The van der Waals surface area contributed by atoms with Crippen molar-refractivity contribution < 1.29 is 17.9 Å². The van der Waals surface area contributed by atoms with Crippen LogP contribution < -0.4 is 9.80 Å². The second-order valence-electron chi connectivity index (χ2n) is 13.4. The standard InChI is InChI=1S/C34H41F3N8O/c1-44(20-33(21-46-2)11-5-3-6-12-33)27-16-25(23-15-24(34(35,36)37)29(40-17-23)22-9-10-22)41-32-30(27)42-31(43-32)26-18-39-28(19-38-26)45-13-7-4-8-14-45/h15-19,22H,3-14,20-21H2,1-2H3,(H,41,42,43). The Labute approximate surface area is 267 Å². The van der Waals surface area contributed by atoms with Gasteiger partial charge in [0.05, 0.1) is 41.6 Å². The lowest BCUT2D eigenvalue weighted by molar-refractivity contribution is -0.138. The molecule has 0 aromatic carbocycles. The molecule has 0 amide bonds. The summed E-state index contributed by atoms with van der Waals surface area (Å²) in [7, 11) is 3.77. The second-order valence-corrected chi connectivity index (χ2v) is 13.4. The SMILES string of the molecule is COCC1(CN(C)c2cc(-c3cnc(C4CC4)c(C(F)(F)F)c3)nc3nc(-c4cnc(N5CCCCC5)cn4)[nH]c23)CCCCC1. The van der Waals surface area contributed by atoms with Crippen molar-refractivity contribution in [2.75, 3.05) is 50.2 Å². The number of anilines is 2. The number of ether oxygens (including phenoxy) is 1. The van der Waals surface area contributed by atoms with E-state index >= 15 is 0 Å². The zero-order valence-electron chi connectivity index (χ0n) is 26.5. The monoisotopic (exact) mass is 634 g/mol. The molecule has 46 heavy (non-hydrogen) atoms. The van der Waals surface area contributed by atoms with Gasteiger partial charge < -0.3 is 19.5 Å². The number of nitrogens with one attached hydrogen (secondary N) is 1. The first-order chi connectivity index (χ1) is 22.2. The van der Waals surface area contributed by atoms with Crippen molar-refractivity contribution in [3.63, 3.8) is 0 Å². The summed E-state index contributed by atoms with van der Waals surface area (Å²) in [4.78, 5) is 31.1. The van der Waals surface area contributed by atoms with Crippen LogP contribution in [-0.2, 0) is 10.9 Å². The van der Waals surface area contributed by atoms with Crippen LogP contribution in [0.25, 0.3) is 33.9 Å². The Kier molecular flexibility index (Phi) is 8.33. The number of methoxy groups -OCH3 is 1. The summed E-state index contributed by atoms with van der Waals surface area (Å²) in [5, 5.41) is 0. The number of fused-ring (bicyclic) bond motifs is 1. The molecule has 12 heteroatoms. The topological polar surface area (TPSA) is 95.9 Å². The number of rotatable bonds is 9. The summed E-state index contributed by atoms with van der Waals surface area (Å²) in [6.45, 7) is 3.31. The lowest BCUT2D eigenvalue weighted by Gasteiger charge is -2.40. The van der Waals surface area contributed by atoms with Gasteiger partial charge >= 0.3 is 6.18 Å². The fraction of sp³-hybridized carbons (Fsp3) is 0.559. The number of aromatic nitrogens is 6. The number of piperidine rings is 1. The molecular formula is C34H41F3N8O. The predicted molar refractivity (Wildman–Crippen MR) is 172 cm³/mol. The number of nitrogens with zero attached hydrogens (tertiary/aromatic N) is 7. The summed E-state index contributed by atoms with van der Waals surface area (Å²) in [6.07, 6.45) is 11.1. The maximum atomic E-state index is 14.2. The van der Waals surface area contributed by atoms with Gasteiger partial charge in [-0.25, -0.2) is 19.9 Å². The number of halogens is 3. The fourth-order valence-corrected chi connectivity index (χ4v) is 7.34. The van der Waals surface area contributed by atoms with E-state index in [1.54, 1.807) is 19.5 Å². The minimum atomic E-state index is -4.50. The normalized spacial score (nSPS) is 18.7. The van der Waals surface area contributed by atoms with Gasteiger partial charge in [-0.2, -0.15) is 13.2 Å². The maximum Gasteiger partial charge on any atom is 0.418 e. The molecule has 4 aromatic heterocycles. The predicted octanol–water partition coefficient (Wildman–Crippen LogP) is 7.40. The summed E-state index contributed by atoms with van der Waals surface area (Å²) in [6, 6.07) is 3.05. The summed E-state index contributed by atoms with van der Waals surface area (Å²) < 4.78 is 48.3. The molecule has 9 nitrogen and oxygen atoms in total. The van der Waals surface area contributed by atoms with E-state index in [0.29, 0.717) is 40.5 Å². The van der Waals surface area contributed by atoms with Crippen molar-refractivity contribution in [1.82, 2.24) is 29.9 Å². The molecule has 0 radical (unpaired) electrons. The Morgan fingerprint density at radius 2 is 1.70 bits per heavy atom. The van der Waals surface area contributed by atoms with Crippen molar-refractivity contribution in [2.45, 2.75) is 76.3 Å². The van der Waals surface area contributed by atoms with Gasteiger partial charge in [-0.05, 0) is 57.1 Å². The largest absolute Gasteiger partial charge is 0.418 e. The van der Waals surface area contributed by atoms with E-state index in [1.807, 2.05) is 13.1 Å². The van der Waals surface area contributed by atoms with Gasteiger partial charge in [0.2, 0.25) is 0 Å². The molecule has 4 aromatic rings. The first-order valence-corrected chi connectivity index (χ1v) is 16.5. The number of pyridine rings is 2. The summed E-state index contributed by atoms with van der Waals surface area (Å²) >= 11 is 0. The first kappa shape index (κ1) is 30.8. The Morgan fingerprint density at radius 1 is 0.935 bits per heavy atom. The van der Waals surface area contributed by atoms with E-state index in [2.05, 4.69) is 29.7 Å². The van der Waals surface area contributed by atoms with Crippen LogP contribution in [-0.4, -0.2) is 70.3 Å². The number of H-pyrrole nitrogens is 1. The summed E-state index contributed by atoms with van der Waals surface area (Å²) in [5.41, 5.74) is 2.61. The molecular weight excluding hydrogens is 593 g/mol. The number of hydrogen-bond donors (Lipinski definition) is 1. The van der Waals surface area contributed by atoms with Crippen LogP contribution in [0.5, 0.6) is 0 Å². The van der Waals surface area contributed by atoms with E-state index in [1.165, 1.54) is 25.1 Å². The minimum absolute atomic E-state index is 0.0208. The highest BCUT2D eigenvalue weighted by atomic mass is 19.4. The van der Waals surface area contributed by atoms with Gasteiger partial charge in [0.15, 0.2) is 11.5 Å². The molecule has 1 aliphatic heterocycles. The van der Waals surface area contributed by atoms with E-state index in [-0.39, 0.29) is 17.0 Å². The maximum absolute atomic E-state index is 14.2. The number of imidazole rings is 1. The van der Waals surface area contributed by atoms with Gasteiger partial charge in [-0.3, -0.25) is 4.98 Å². The number of hydrogen-bond acceptors (Lipinski definition) is 8. The molecule has 2 saturated carbocycles. The van der Waals surface area contributed by atoms with E-state index in [4.69, 9.17) is 14.7 Å². The fourth-order valence-electron chi connectivity index (χ4n) is 7.34. The molecule has 5 heterocycles. The number of aromatic amines is 1. The van der Waals surface area contributed by atoms with Gasteiger partial charge in [-0.1, -0.05) is 19.3 Å². The molecule has 0 bridgehead atoms. The van der Waals surface area contributed by atoms with Gasteiger partial charge in [-0.15, -0.1) is 0 Å². The van der Waals surface area contributed by atoms with Gasteiger partial charge in [0.25, 0.3) is 0 Å². The Bertz CT molecular complexity index is 1670. The molecule has 2 aliphatic carbocycles. The van der Waals surface area contributed by atoms with Crippen LogP contribution in [0, 0.1) is 5.41 Å². The average Bonchev–Trinajstić information content (AvgIpc) is 3.82. The molecule has 0 atom stereocenters. The smallest absolute Gasteiger partial charge is 0.384 e. The highest BCUT2D eigenvalue weighted by Crippen LogP contribution is 2.46. The number of alkyl halides is 3. The third-order valence-electron chi connectivity index (χ3n) is 9.83. The van der Waals surface area contributed by atoms with Crippen LogP contribution in [0.4, 0.5) is 24.7 Å². The minimum Gasteiger partial charge on any atom is -0.384 e. The lowest BCUT2D eigenvalue weighted by Crippen LogP contribution is -2.40. The molecule has 244 valence electrons. The Morgan fingerprint density at radius 3 is 2.37 bits per heavy atom. The lowest BCUT2D eigenvalue weighted by atomic mass is 9.74. The Hall–Kier alpha value is -3.80. The van der Waals surface area contributed by atoms with Crippen LogP contribution in [0.2, 0.25) is 0 Å². The average molecular weight is 635 g/mol. The zero-order chi connectivity index (χ0) is 31.9. The van der Waals surface area contributed by atoms with Crippen LogP contribution in [0.15, 0.2) is 30.7 Å². The first-order valence-electron chi connectivity index (χ1n) is 16.5. The molecule has 3 aliphatic rings. The molecule has 1 N–H and O–H groups in total. The molecule has 7 rings (SSSR count). The Balaban J connectivity index is 1.30. The van der Waals surface area contributed by atoms with E-state index in [9.17, 15) is 13.2 Å². The van der Waals surface area contributed by atoms with Crippen molar-refractivity contribution >= 4 is 22.7 Å². The van der Waals surface area contributed by atoms with Crippen molar-refractivity contribution in [3.05, 3.63) is 42.0 Å². The summed E-state index contributed by atoms with van der Waals surface area (Å²) in [5.74, 6) is 1.22. The van der Waals surface area contributed by atoms with Crippen LogP contribution >= 0.6 is 0 Å². The van der Waals surface area contributed by atoms with Crippen molar-refractivity contribution in [2.24, 2.45) is 5.41 Å². The third-order valence-corrected chi connectivity index (χ3v) is 9.83. The molecule has 1 saturated heterocycles. The van der Waals surface area contributed by atoms with Crippen molar-refractivity contribution in [3.8, 4) is 22.8 Å². The van der Waals surface area contributed by atoms with E-state index < -0.39 is 11.7 Å². The molecule has 3 fully saturated rings. The highest BCUT2D eigenvalue weighted by Gasteiger charge is 2.40. The van der Waals surface area contributed by atoms with Crippen LogP contribution in [0.3, 0.4) is 0 Å². The highest BCUT2D eigenvalue weighted by molar-refractivity contribution is 5.91. The molecule has 0 unspecified atom stereocenters. The van der Waals surface area contributed by atoms with E-state index in [0.717, 1.165) is 82.5 Å². The second kappa shape index (κ2) is 12.4.